The van der Waals surface area contributed by atoms with Crippen molar-refractivity contribution in [1.82, 2.24) is 0 Å². The highest BCUT2D eigenvalue weighted by molar-refractivity contribution is 6.43. The Kier molecular flexibility index (Phi) is 5.11. The molecule has 2 aromatic carbocycles. The molecule has 0 aliphatic heterocycles. The van der Waals surface area contributed by atoms with Gasteiger partial charge in [-0.2, -0.15) is 0 Å². The van der Waals surface area contributed by atoms with E-state index in [1.807, 2.05) is 39.0 Å². The van der Waals surface area contributed by atoms with Crippen molar-refractivity contribution >= 4 is 23.2 Å². The third kappa shape index (κ3) is 4.16. The first-order valence-corrected chi connectivity index (χ1v) is 7.36. The highest BCUT2D eigenvalue weighted by Gasteiger charge is 2.18. The van der Waals surface area contributed by atoms with E-state index in [1.54, 1.807) is 0 Å². The molecule has 0 spiro atoms. The van der Waals surface area contributed by atoms with E-state index in [9.17, 15) is 14.0 Å². The van der Waals surface area contributed by atoms with Crippen molar-refractivity contribution in [3.05, 3.63) is 59.4 Å². The standard InChI is InChI=1S/C18H19FN2O2/c1-11(2)15-9-4-6-12(3)16(15)21-18(23)17(22)20-14-8-5-7-13(19)10-14/h4-11H,1-3H3,(H,20,22)(H,21,23). The Labute approximate surface area is 134 Å². The van der Waals surface area contributed by atoms with Gasteiger partial charge in [0.2, 0.25) is 0 Å². The van der Waals surface area contributed by atoms with Crippen LogP contribution in [-0.2, 0) is 9.59 Å². The van der Waals surface area contributed by atoms with Crippen LogP contribution in [0.4, 0.5) is 15.8 Å². The predicted octanol–water partition coefficient (Wildman–Crippen LogP) is 3.83. The number of hydrogen-bond acceptors (Lipinski definition) is 2. The number of carbonyl (C=O) groups excluding carboxylic acids is 2. The molecule has 2 N–H and O–H groups in total. The van der Waals surface area contributed by atoms with Crippen LogP contribution in [0.3, 0.4) is 0 Å². The van der Waals surface area contributed by atoms with E-state index in [0.717, 1.165) is 17.2 Å². The summed E-state index contributed by atoms with van der Waals surface area (Å²) in [7, 11) is 0. The first kappa shape index (κ1) is 16.7. The highest BCUT2D eigenvalue weighted by Crippen LogP contribution is 2.27. The fourth-order valence-electron chi connectivity index (χ4n) is 2.27. The van der Waals surface area contributed by atoms with E-state index in [-0.39, 0.29) is 11.6 Å². The smallest absolute Gasteiger partial charge is 0.314 e. The summed E-state index contributed by atoms with van der Waals surface area (Å²) in [6.45, 7) is 5.89. The molecule has 0 fully saturated rings. The predicted molar refractivity (Wildman–Crippen MR) is 88.9 cm³/mol. The minimum Gasteiger partial charge on any atom is -0.318 e. The monoisotopic (exact) mass is 314 g/mol. The number of amides is 2. The summed E-state index contributed by atoms with van der Waals surface area (Å²) >= 11 is 0. The van der Waals surface area contributed by atoms with Crippen molar-refractivity contribution in [2.75, 3.05) is 10.6 Å². The molecule has 0 radical (unpaired) electrons. The Morgan fingerprint density at radius 2 is 1.65 bits per heavy atom. The fraction of sp³-hybridized carbons (Fsp3) is 0.222. The van der Waals surface area contributed by atoms with Gasteiger partial charge >= 0.3 is 11.8 Å². The molecule has 23 heavy (non-hydrogen) atoms. The van der Waals surface area contributed by atoms with Gasteiger partial charge in [-0.1, -0.05) is 38.1 Å². The van der Waals surface area contributed by atoms with Gasteiger partial charge in [0, 0.05) is 11.4 Å². The van der Waals surface area contributed by atoms with Crippen molar-refractivity contribution in [3.8, 4) is 0 Å². The number of benzene rings is 2. The maximum Gasteiger partial charge on any atom is 0.314 e. The van der Waals surface area contributed by atoms with Crippen molar-refractivity contribution in [1.29, 1.82) is 0 Å². The molecule has 2 aromatic rings. The number of para-hydroxylation sites is 1. The third-order valence-corrected chi connectivity index (χ3v) is 3.45. The van der Waals surface area contributed by atoms with Gasteiger partial charge in [0.1, 0.15) is 5.82 Å². The largest absolute Gasteiger partial charge is 0.318 e. The Hall–Kier alpha value is -2.69. The van der Waals surface area contributed by atoms with Gasteiger partial charge < -0.3 is 10.6 Å². The molecule has 0 saturated carbocycles. The van der Waals surface area contributed by atoms with Crippen LogP contribution in [0.2, 0.25) is 0 Å². The van der Waals surface area contributed by atoms with E-state index in [0.29, 0.717) is 5.69 Å². The second kappa shape index (κ2) is 7.05. The second-order valence-corrected chi connectivity index (χ2v) is 5.61. The van der Waals surface area contributed by atoms with E-state index >= 15 is 0 Å². The molecular formula is C18H19FN2O2. The lowest BCUT2D eigenvalue weighted by molar-refractivity contribution is -0.133. The van der Waals surface area contributed by atoms with Gasteiger partial charge in [-0.15, -0.1) is 0 Å². The summed E-state index contributed by atoms with van der Waals surface area (Å²) in [5, 5.41) is 5.03. The molecule has 0 heterocycles. The van der Waals surface area contributed by atoms with Crippen LogP contribution in [0.15, 0.2) is 42.5 Å². The van der Waals surface area contributed by atoms with Crippen LogP contribution in [0.25, 0.3) is 0 Å². The Morgan fingerprint density at radius 1 is 1.00 bits per heavy atom. The lowest BCUT2D eigenvalue weighted by atomic mass is 9.98. The minimum absolute atomic E-state index is 0.205. The summed E-state index contributed by atoms with van der Waals surface area (Å²) in [6.07, 6.45) is 0. The van der Waals surface area contributed by atoms with E-state index < -0.39 is 17.6 Å². The van der Waals surface area contributed by atoms with E-state index in [4.69, 9.17) is 0 Å². The molecule has 0 atom stereocenters. The van der Waals surface area contributed by atoms with Crippen LogP contribution < -0.4 is 10.6 Å². The van der Waals surface area contributed by atoms with Crippen LogP contribution in [0.5, 0.6) is 0 Å². The van der Waals surface area contributed by atoms with Crippen molar-refractivity contribution in [2.45, 2.75) is 26.7 Å². The minimum atomic E-state index is -0.839. The number of anilines is 2. The van der Waals surface area contributed by atoms with Gasteiger partial charge in [-0.3, -0.25) is 9.59 Å². The maximum absolute atomic E-state index is 13.1. The molecular weight excluding hydrogens is 295 g/mol. The summed E-state index contributed by atoms with van der Waals surface area (Å²) in [4.78, 5) is 24.1. The van der Waals surface area contributed by atoms with Crippen molar-refractivity contribution in [2.24, 2.45) is 0 Å². The second-order valence-electron chi connectivity index (χ2n) is 5.61. The zero-order valence-corrected chi connectivity index (χ0v) is 13.3. The van der Waals surface area contributed by atoms with Gasteiger partial charge in [0.15, 0.2) is 0 Å². The van der Waals surface area contributed by atoms with Crippen LogP contribution in [-0.4, -0.2) is 11.8 Å². The number of nitrogens with one attached hydrogen (secondary N) is 2. The normalized spacial score (nSPS) is 10.5. The zero-order chi connectivity index (χ0) is 17.0. The molecule has 0 aromatic heterocycles. The quantitative estimate of drug-likeness (QED) is 0.846. The number of hydrogen-bond donors (Lipinski definition) is 2. The number of carbonyl (C=O) groups is 2. The molecule has 120 valence electrons. The molecule has 4 nitrogen and oxygen atoms in total. The lowest BCUT2D eigenvalue weighted by Gasteiger charge is -2.16. The molecule has 0 aliphatic carbocycles. The summed E-state index contributed by atoms with van der Waals surface area (Å²) in [6, 6.07) is 11.1. The molecule has 0 unspecified atom stereocenters. The Bertz CT molecular complexity index is 742. The molecule has 5 heteroatoms. The average molecular weight is 314 g/mol. The fourth-order valence-corrected chi connectivity index (χ4v) is 2.27. The zero-order valence-electron chi connectivity index (χ0n) is 13.3. The summed E-state index contributed by atoms with van der Waals surface area (Å²) in [5.41, 5.74) is 2.71. The van der Waals surface area contributed by atoms with Crippen LogP contribution in [0.1, 0.15) is 30.9 Å². The molecule has 2 rings (SSSR count). The Morgan fingerprint density at radius 3 is 2.30 bits per heavy atom. The molecule has 0 aliphatic rings. The lowest BCUT2D eigenvalue weighted by Crippen LogP contribution is -2.29. The summed E-state index contributed by atoms with van der Waals surface area (Å²) < 4.78 is 13.1. The number of aryl methyl sites for hydroxylation is 1. The van der Waals surface area contributed by atoms with Gasteiger partial charge in [0.25, 0.3) is 0 Å². The number of halogens is 1. The van der Waals surface area contributed by atoms with Crippen LogP contribution in [0, 0.1) is 12.7 Å². The maximum atomic E-state index is 13.1. The third-order valence-electron chi connectivity index (χ3n) is 3.45. The van der Waals surface area contributed by atoms with Gasteiger partial charge in [0.05, 0.1) is 0 Å². The topological polar surface area (TPSA) is 58.2 Å². The first-order chi connectivity index (χ1) is 10.9. The summed E-state index contributed by atoms with van der Waals surface area (Å²) in [5.74, 6) is -1.90. The van der Waals surface area contributed by atoms with Crippen LogP contribution >= 0.6 is 0 Å². The van der Waals surface area contributed by atoms with E-state index in [1.165, 1.54) is 18.2 Å². The van der Waals surface area contributed by atoms with Crippen molar-refractivity contribution < 1.29 is 14.0 Å². The van der Waals surface area contributed by atoms with Gasteiger partial charge in [-0.25, -0.2) is 4.39 Å². The Balaban J connectivity index is 2.15. The van der Waals surface area contributed by atoms with E-state index in [2.05, 4.69) is 10.6 Å². The first-order valence-electron chi connectivity index (χ1n) is 7.36. The highest BCUT2D eigenvalue weighted by atomic mass is 19.1. The average Bonchev–Trinajstić information content (AvgIpc) is 2.48. The number of rotatable bonds is 3. The SMILES string of the molecule is Cc1cccc(C(C)C)c1NC(=O)C(=O)Nc1cccc(F)c1. The van der Waals surface area contributed by atoms with Crippen molar-refractivity contribution in [3.63, 3.8) is 0 Å². The van der Waals surface area contributed by atoms with Gasteiger partial charge in [-0.05, 0) is 42.2 Å². The molecule has 0 saturated heterocycles. The molecule has 0 bridgehead atoms. The molecule has 2 amide bonds.